The predicted octanol–water partition coefficient (Wildman–Crippen LogP) is 2.37. The maximum atomic E-state index is 12.1. The number of piperidine rings is 1. The Balaban J connectivity index is 2.02. The number of benzene rings is 1. The number of nitrogens with zero attached hydrogens (tertiary/aromatic N) is 1. The van der Waals surface area contributed by atoms with E-state index >= 15 is 0 Å². The highest BCUT2D eigenvalue weighted by molar-refractivity contribution is 6.34. The first kappa shape index (κ1) is 13.5. The quantitative estimate of drug-likeness (QED) is 0.855. The predicted molar refractivity (Wildman–Crippen MR) is 72.1 cm³/mol. The zero-order valence-electron chi connectivity index (χ0n) is 10.5. The van der Waals surface area contributed by atoms with Crippen LogP contribution in [0, 0.1) is 0 Å². The summed E-state index contributed by atoms with van der Waals surface area (Å²) in [5.74, 6) is 0.0123. The number of halogens is 1. The molecule has 0 spiro atoms. The maximum absolute atomic E-state index is 12.1. The lowest BCUT2D eigenvalue weighted by atomic mass is 9.95. The molecule has 0 radical (unpaired) electrons. The summed E-state index contributed by atoms with van der Waals surface area (Å²) in [7, 11) is 0. The maximum Gasteiger partial charge on any atom is 0.178 e. The van der Waals surface area contributed by atoms with Gasteiger partial charge in [-0.1, -0.05) is 23.7 Å². The van der Waals surface area contributed by atoms with Crippen LogP contribution in [0.15, 0.2) is 24.3 Å². The molecule has 1 aromatic rings. The smallest absolute Gasteiger partial charge is 0.178 e. The number of aliphatic hydroxyl groups is 1. The molecule has 0 aliphatic carbocycles. The molecule has 0 aromatic heterocycles. The third-order valence-electron chi connectivity index (χ3n) is 3.30. The molecule has 4 heteroatoms. The number of hydrogen-bond acceptors (Lipinski definition) is 3. The third kappa shape index (κ3) is 3.31. The Bertz CT molecular complexity index is 445. The molecule has 1 aliphatic rings. The minimum atomic E-state index is -0.682. The van der Waals surface area contributed by atoms with Crippen LogP contribution < -0.4 is 0 Å². The van der Waals surface area contributed by atoms with Crippen LogP contribution in [0.4, 0.5) is 0 Å². The molecular weight excluding hydrogens is 250 g/mol. The SMILES string of the molecule is CC1(O)CCCN(CC(=O)c2ccccc2Cl)C1. The van der Waals surface area contributed by atoms with Crippen molar-refractivity contribution in [1.82, 2.24) is 4.90 Å². The van der Waals surface area contributed by atoms with Gasteiger partial charge >= 0.3 is 0 Å². The van der Waals surface area contributed by atoms with E-state index in [4.69, 9.17) is 11.6 Å². The van der Waals surface area contributed by atoms with Gasteiger partial charge in [0.1, 0.15) is 0 Å². The van der Waals surface area contributed by atoms with Crippen molar-refractivity contribution in [3.05, 3.63) is 34.9 Å². The molecule has 1 fully saturated rings. The molecular formula is C14H18ClNO2. The second-order valence-corrected chi connectivity index (χ2v) is 5.62. The van der Waals surface area contributed by atoms with Crippen molar-refractivity contribution < 1.29 is 9.90 Å². The Morgan fingerprint density at radius 2 is 2.22 bits per heavy atom. The first-order valence-corrected chi connectivity index (χ1v) is 6.58. The van der Waals surface area contributed by atoms with Crippen molar-refractivity contribution in [2.24, 2.45) is 0 Å². The van der Waals surface area contributed by atoms with E-state index in [1.165, 1.54) is 0 Å². The Kier molecular flexibility index (Phi) is 4.05. The standard InChI is InChI=1S/C14H18ClNO2/c1-14(18)7-4-8-16(10-14)9-13(17)11-5-2-3-6-12(11)15/h2-3,5-6,18H,4,7-10H2,1H3. The number of likely N-dealkylation sites (tertiary alicyclic amines) is 1. The summed E-state index contributed by atoms with van der Waals surface area (Å²) in [4.78, 5) is 14.1. The lowest BCUT2D eigenvalue weighted by Gasteiger charge is -2.36. The molecule has 1 saturated heterocycles. The summed E-state index contributed by atoms with van der Waals surface area (Å²) in [6.07, 6.45) is 1.71. The highest BCUT2D eigenvalue weighted by Gasteiger charge is 2.29. The van der Waals surface area contributed by atoms with Crippen LogP contribution in [-0.2, 0) is 0 Å². The van der Waals surface area contributed by atoms with Crippen molar-refractivity contribution in [1.29, 1.82) is 0 Å². The lowest BCUT2D eigenvalue weighted by molar-refractivity contribution is -0.0132. The van der Waals surface area contributed by atoms with Gasteiger partial charge in [0.25, 0.3) is 0 Å². The molecule has 1 aliphatic heterocycles. The molecule has 0 bridgehead atoms. The number of ketones is 1. The van der Waals surface area contributed by atoms with Gasteiger partial charge in [-0.25, -0.2) is 0 Å². The average Bonchev–Trinajstić information content (AvgIpc) is 2.28. The van der Waals surface area contributed by atoms with E-state index in [0.29, 0.717) is 23.7 Å². The first-order chi connectivity index (χ1) is 8.48. The minimum absolute atomic E-state index is 0.0123. The molecule has 1 aromatic carbocycles. The number of rotatable bonds is 3. The summed E-state index contributed by atoms with van der Waals surface area (Å²) in [5, 5.41) is 10.5. The fraction of sp³-hybridized carbons (Fsp3) is 0.500. The molecule has 1 heterocycles. The number of β-amino-alcohol motifs (C(OH)–C–C–N with tert-alkyl or cyclic N) is 1. The van der Waals surface area contributed by atoms with Crippen LogP contribution in [0.2, 0.25) is 5.02 Å². The van der Waals surface area contributed by atoms with Crippen molar-refractivity contribution in [2.45, 2.75) is 25.4 Å². The summed E-state index contributed by atoms with van der Waals surface area (Å²) in [6.45, 7) is 3.54. The van der Waals surface area contributed by atoms with Gasteiger partial charge in [-0.2, -0.15) is 0 Å². The average molecular weight is 268 g/mol. The molecule has 1 N–H and O–H groups in total. The Morgan fingerprint density at radius 1 is 1.50 bits per heavy atom. The molecule has 0 saturated carbocycles. The van der Waals surface area contributed by atoms with E-state index in [2.05, 4.69) is 0 Å². The molecule has 3 nitrogen and oxygen atoms in total. The van der Waals surface area contributed by atoms with E-state index in [-0.39, 0.29) is 5.78 Å². The Labute approximate surface area is 112 Å². The van der Waals surface area contributed by atoms with Crippen LogP contribution >= 0.6 is 11.6 Å². The summed E-state index contributed by atoms with van der Waals surface area (Å²) >= 11 is 6.00. The second-order valence-electron chi connectivity index (χ2n) is 5.21. The molecule has 18 heavy (non-hydrogen) atoms. The topological polar surface area (TPSA) is 40.5 Å². The van der Waals surface area contributed by atoms with Gasteiger partial charge in [-0.15, -0.1) is 0 Å². The highest BCUT2D eigenvalue weighted by atomic mass is 35.5. The van der Waals surface area contributed by atoms with Crippen LogP contribution in [-0.4, -0.2) is 41.0 Å². The van der Waals surface area contributed by atoms with Crippen molar-refractivity contribution in [3.63, 3.8) is 0 Å². The molecule has 1 unspecified atom stereocenters. The van der Waals surface area contributed by atoms with Crippen LogP contribution in [0.3, 0.4) is 0 Å². The minimum Gasteiger partial charge on any atom is -0.389 e. The summed E-state index contributed by atoms with van der Waals surface area (Å²) < 4.78 is 0. The van der Waals surface area contributed by atoms with E-state index in [0.717, 1.165) is 19.4 Å². The third-order valence-corrected chi connectivity index (χ3v) is 3.62. The summed E-state index contributed by atoms with van der Waals surface area (Å²) in [6, 6.07) is 7.09. The zero-order chi connectivity index (χ0) is 13.2. The van der Waals surface area contributed by atoms with Gasteiger partial charge < -0.3 is 5.11 Å². The fourth-order valence-corrected chi connectivity index (χ4v) is 2.68. The summed E-state index contributed by atoms with van der Waals surface area (Å²) in [5.41, 5.74) is -0.122. The number of hydrogen-bond donors (Lipinski definition) is 1. The Hall–Kier alpha value is -0.900. The second kappa shape index (κ2) is 5.39. The van der Waals surface area contributed by atoms with E-state index < -0.39 is 5.60 Å². The number of carbonyl (C=O) groups excluding carboxylic acids is 1. The van der Waals surface area contributed by atoms with Gasteiger partial charge in [-0.05, 0) is 38.4 Å². The van der Waals surface area contributed by atoms with E-state index in [9.17, 15) is 9.90 Å². The highest BCUT2D eigenvalue weighted by Crippen LogP contribution is 2.21. The Morgan fingerprint density at radius 3 is 2.89 bits per heavy atom. The van der Waals surface area contributed by atoms with Crippen LogP contribution in [0.1, 0.15) is 30.1 Å². The molecule has 98 valence electrons. The van der Waals surface area contributed by atoms with E-state index in [1.807, 2.05) is 24.0 Å². The van der Waals surface area contributed by atoms with E-state index in [1.54, 1.807) is 12.1 Å². The van der Waals surface area contributed by atoms with Gasteiger partial charge in [-0.3, -0.25) is 9.69 Å². The van der Waals surface area contributed by atoms with Crippen molar-refractivity contribution >= 4 is 17.4 Å². The van der Waals surface area contributed by atoms with Gasteiger partial charge in [0.15, 0.2) is 5.78 Å². The molecule has 1 atom stereocenters. The largest absolute Gasteiger partial charge is 0.389 e. The molecule has 2 rings (SSSR count). The first-order valence-electron chi connectivity index (χ1n) is 6.20. The normalized spacial score (nSPS) is 25.1. The lowest BCUT2D eigenvalue weighted by Crippen LogP contribution is -2.47. The van der Waals surface area contributed by atoms with Crippen molar-refractivity contribution in [3.8, 4) is 0 Å². The van der Waals surface area contributed by atoms with Crippen LogP contribution in [0.5, 0.6) is 0 Å². The van der Waals surface area contributed by atoms with Gasteiger partial charge in [0.05, 0.1) is 17.2 Å². The molecule has 0 amide bonds. The van der Waals surface area contributed by atoms with Gasteiger partial charge in [0, 0.05) is 12.1 Å². The zero-order valence-corrected chi connectivity index (χ0v) is 11.3. The van der Waals surface area contributed by atoms with Crippen molar-refractivity contribution in [2.75, 3.05) is 19.6 Å². The number of Topliss-reactive ketones (excluding diaryl/α,β-unsaturated/α-hetero) is 1. The monoisotopic (exact) mass is 267 g/mol. The number of carbonyl (C=O) groups is 1. The van der Waals surface area contributed by atoms with Crippen LogP contribution in [0.25, 0.3) is 0 Å². The van der Waals surface area contributed by atoms with Gasteiger partial charge in [0.2, 0.25) is 0 Å². The fourth-order valence-electron chi connectivity index (χ4n) is 2.43.